The number of aromatic nitrogens is 2. The van der Waals surface area contributed by atoms with Gasteiger partial charge >= 0.3 is 5.97 Å². The first-order valence-electron chi connectivity index (χ1n) is 4.32. The lowest BCUT2D eigenvalue weighted by Crippen LogP contribution is -2.03. The van der Waals surface area contributed by atoms with Gasteiger partial charge in [-0.15, -0.1) is 12.4 Å². The number of aliphatic carboxylic acids is 1. The van der Waals surface area contributed by atoms with Crippen molar-refractivity contribution >= 4 is 24.0 Å². The minimum Gasteiger partial charge on any atom is -0.481 e. The molecular formula is C10H13ClN2O3. The summed E-state index contributed by atoms with van der Waals surface area (Å²) in [5.74, 6) is -0.840. The van der Waals surface area contributed by atoms with E-state index < -0.39 is 5.97 Å². The van der Waals surface area contributed by atoms with Crippen LogP contribution in [0.1, 0.15) is 11.3 Å². The number of carboxylic acids is 1. The van der Waals surface area contributed by atoms with E-state index in [1.165, 1.54) is 0 Å². The highest BCUT2D eigenvalue weighted by molar-refractivity contribution is 5.85. The third kappa shape index (κ3) is 2.50. The smallest absolute Gasteiger partial charge is 0.309 e. The number of carboxylic acid groups (broad SMARTS) is 1. The Balaban J connectivity index is 0.00000112. The highest BCUT2D eigenvalue weighted by Crippen LogP contribution is 2.11. The summed E-state index contributed by atoms with van der Waals surface area (Å²) in [6, 6.07) is 3.84. The third-order valence-corrected chi connectivity index (χ3v) is 2.14. The summed E-state index contributed by atoms with van der Waals surface area (Å²) < 4.78 is 1.81. The van der Waals surface area contributed by atoms with Crippen molar-refractivity contribution in [3.63, 3.8) is 0 Å². The molecule has 0 radical (unpaired) electrons. The number of carbonyl (C=O) groups is 1. The Morgan fingerprint density at radius 3 is 2.88 bits per heavy atom. The Morgan fingerprint density at radius 1 is 1.56 bits per heavy atom. The van der Waals surface area contributed by atoms with Gasteiger partial charge in [-0.2, -0.15) is 0 Å². The summed E-state index contributed by atoms with van der Waals surface area (Å²) in [5, 5.41) is 8.67. The summed E-state index contributed by atoms with van der Waals surface area (Å²) in [7, 11) is 0. The number of pyridine rings is 1. The molecule has 0 saturated carbocycles. The normalized spacial score (nSPS) is 9.31. The standard InChI is InChI=1S/C10H10N2O2.ClH.H2O/c1-7-3-2-4-12-8(5-9(13)14)6-11-10(7)12;;/h2-4,6H,5H2,1H3,(H,13,14);1H;1H2. The maximum absolute atomic E-state index is 10.6. The molecule has 0 bridgehead atoms. The maximum atomic E-state index is 10.6. The molecule has 16 heavy (non-hydrogen) atoms. The predicted molar refractivity (Wildman–Crippen MR) is 62.1 cm³/mol. The first-order valence-corrected chi connectivity index (χ1v) is 4.32. The Bertz CT molecular complexity index is 496. The van der Waals surface area contributed by atoms with Gasteiger partial charge in [0, 0.05) is 12.4 Å². The highest BCUT2D eigenvalue weighted by atomic mass is 35.5. The van der Waals surface area contributed by atoms with Crippen LogP contribution in [0.5, 0.6) is 0 Å². The van der Waals surface area contributed by atoms with Gasteiger partial charge in [-0.25, -0.2) is 4.98 Å². The molecule has 6 heteroatoms. The van der Waals surface area contributed by atoms with Gasteiger partial charge in [0.1, 0.15) is 5.65 Å². The number of halogens is 1. The molecule has 88 valence electrons. The largest absolute Gasteiger partial charge is 0.481 e. The Hall–Kier alpha value is -1.59. The first kappa shape index (κ1) is 14.4. The fourth-order valence-electron chi connectivity index (χ4n) is 1.49. The van der Waals surface area contributed by atoms with Crippen molar-refractivity contribution in [2.24, 2.45) is 0 Å². The number of aryl methyl sites for hydroxylation is 1. The van der Waals surface area contributed by atoms with E-state index in [0.29, 0.717) is 5.69 Å². The second-order valence-electron chi connectivity index (χ2n) is 3.20. The predicted octanol–water partition coefficient (Wildman–Crippen LogP) is 0.867. The van der Waals surface area contributed by atoms with E-state index in [-0.39, 0.29) is 24.3 Å². The molecule has 0 unspecified atom stereocenters. The van der Waals surface area contributed by atoms with Crippen LogP contribution in [0.15, 0.2) is 24.5 Å². The molecule has 5 nitrogen and oxygen atoms in total. The molecule has 3 N–H and O–H groups in total. The number of hydrogen-bond donors (Lipinski definition) is 1. The van der Waals surface area contributed by atoms with Gasteiger partial charge in [-0.1, -0.05) is 6.07 Å². The van der Waals surface area contributed by atoms with Gasteiger partial charge in [-0.05, 0) is 18.6 Å². The average Bonchev–Trinajstić information content (AvgIpc) is 2.49. The van der Waals surface area contributed by atoms with Crippen molar-refractivity contribution in [3.05, 3.63) is 35.8 Å². The molecule has 0 aliphatic heterocycles. The van der Waals surface area contributed by atoms with Crippen LogP contribution in [0.25, 0.3) is 5.65 Å². The van der Waals surface area contributed by atoms with Crippen LogP contribution in [0.4, 0.5) is 0 Å². The van der Waals surface area contributed by atoms with Crippen LogP contribution in [0.3, 0.4) is 0 Å². The number of imidazole rings is 1. The van der Waals surface area contributed by atoms with Crippen molar-refractivity contribution in [1.82, 2.24) is 9.38 Å². The summed E-state index contributed by atoms with van der Waals surface area (Å²) in [6.45, 7) is 1.95. The van der Waals surface area contributed by atoms with Crippen LogP contribution < -0.4 is 0 Å². The number of nitrogens with zero attached hydrogens (tertiary/aromatic N) is 2. The molecule has 0 saturated heterocycles. The van der Waals surface area contributed by atoms with E-state index in [0.717, 1.165) is 11.2 Å². The fourth-order valence-corrected chi connectivity index (χ4v) is 1.49. The minimum atomic E-state index is -0.840. The topological polar surface area (TPSA) is 86.1 Å². The Kier molecular flexibility index (Phi) is 4.94. The van der Waals surface area contributed by atoms with Crippen molar-refractivity contribution in [2.75, 3.05) is 0 Å². The molecule has 2 heterocycles. The van der Waals surface area contributed by atoms with Gasteiger partial charge in [-0.3, -0.25) is 4.79 Å². The van der Waals surface area contributed by atoms with E-state index in [1.54, 1.807) is 6.20 Å². The summed E-state index contributed by atoms with van der Waals surface area (Å²) in [4.78, 5) is 14.7. The number of hydrogen-bond acceptors (Lipinski definition) is 2. The average molecular weight is 245 g/mol. The highest BCUT2D eigenvalue weighted by Gasteiger charge is 2.07. The van der Waals surface area contributed by atoms with Gasteiger partial charge in [0.15, 0.2) is 0 Å². The van der Waals surface area contributed by atoms with Crippen molar-refractivity contribution < 1.29 is 15.4 Å². The lowest BCUT2D eigenvalue weighted by molar-refractivity contribution is -0.136. The fraction of sp³-hybridized carbons (Fsp3) is 0.200. The molecule has 0 fully saturated rings. The minimum absolute atomic E-state index is 0. The number of rotatable bonds is 2. The molecule has 0 amide bonds. The van der Waals surface area contributed by atoms with Crippen LogP contribution in [-0.2, 0) is 11.2 Å². The quantitative estimate of drug-likeness (QED) is 0.850. The van der Waals surface area contributed by atoms with Gasteiger partial charge in [0.05, 0.1) is 12.1 Å². The first-order chi connectivity index (χ1) is 6.68. The molecule has 0 aromatic carbocycles. The van der Waals surface area contributed by atoms with E-state index in [4.69, 9.17) is 5.11 Å². The van der Waals surface area contributed by atoms with Crippen LogP contribution in [0.2, 0.25) is 0 Å². The van der Waals surface area contributed by atoms with Crippen LogP contribution in [-0.4, -0.2) is 25.9 Å². The molecule has 2 aromatic heterocycles. The van der Waals surface area contributed by atoms with Crippen molar-refractivity contribution in [3.8, 4) is 0 Å². The molecule has 0 spiro atoms. The molecule has 0 aliphatic carbocycles. The summed E-state index contributed by atoms with van der Waals surface area (Å²) in [5.41, 5.74) is 2.57. The molecule has 0 aliphatic rings. The molecule has 2 aromatic rings. The summed E-state index contributed by atoms with van der Waals surface area (Å²) >= 11 is 0. The number of fused-ring (bicyclic) bond motifs is 1. The molecule has 2 rings (SSSR count). The zero-order valence-corrected chi connectivity index (χ0v) is 9.49. The third-order valence-electron chi connectivity index (χ3n) is 2.14. The van der Waals surface area contributed by atoms with Crippen molar-refractivity contribution in [2.45, 2.75) is 13.3 Å². The monoisotopic (exact) mass is 244 g/mol. The zero-order valence-electron chi connectivity index (χ0n) is 8.67. The van der Waals surface area contributed by atoms with E-state index in [9.17, 15) is 4.79 Å². The van der Waals surface area contributed by atoms with Gasteiger partial charge in [0.2, 0.25) is 0 Å². The second-order valence-corrected chi connectivity index (χ2v) is 3.20. The SMILES string of the molecule is Cc1cccn2c(CC(=O)O)cnc12.Cl.O. The van der Waals surface area contributed by atoms with Crippen LogP contribution >= 0.6 is 12.4 Å². The Labute approximate surface area is 98.5 Å². The second kappa shape index (κ2) is 5.48. The lowest BCUT2D eigenvalue weighted by atomic mass is 10.3. The summed E-state index contributed by atoms with van der Waals surface area (Å²) in [6.07, 6.45) is 3.44. The lowest BCUT2D eigenvalue weighted by Gasteiger charge is -1.99. The molecular weight excluding hydrogens is 232 g/mol. The molecule has 0 atom stereocenters. The van der Waals surface area contributed by atoms with Crippen molar-refractivity contribution in [1.29, 1.82) is 0 Å². The zero-order chi connectivity index (χ0) is 10.1. The van der Waals surface area contributed by atoms with E-state index in [1.807, 2.05) is 29.7 Å². The Morgan fingerprint density at radius 2 is 2.25 bits per heavy atom. The maximum Gasteiger partial charge on any atom is 0.309 e. The van der Waals surface area contributed by atoms with Gasteiger partial charge < -0.3 is 15.0 Å². The van der Waals surface area contributed by atoms with Crippen LogP contribution in [0, 0.1) is 6.92 Å². The van der Waals surface area contributed by atoms with Gasteiger partial charge in [0.25, 0.3) is 0 Å². The van der Waals surface area contributed by atoms with E-state index >= 15 is 0 Å². The van der Waals surface area contributed by atoms with E-state index in [2.05, 4.69) is 4.98 Å².